The third-order valence-electron chi connectivity index (χ3n) is 3.43. The van der Waals surface area contributed by atoms with Crippen LogP contribution in [-0.2, 0) is 4.74 Å². The molecule has 0 aromatic heterocycles. The Kier molecular flexibility index (Phi) is 7.74. The summed E-state index contributed by atoms with van der Waals surface area (Å²) in [4.78, 5) is 11.5. The van der Waals surface area contributed by atoms with Crippen LogP contribution in [0.4, 0.5) is 4.79 Å². The van der Waals surface area contributed by atoms with E-state index in [2.05, 4.69) is 16.9 Å². The van der Waals surface area contributed by atoms with Crippen LogP contribution in [0.1, 0.15) is 52.9 Å². The summed E-state index contributed by atoms with van der Waals surface area (Å²) in [5.41, 5.74) is -0.421. The molecule has 1 aliphatic rings. The number of nitrogens with one attached hydrogen (secondary N) is 2. The summed E-state index contributed by atoms with van der Waals surface area (Å²) < 4.78 is 5.19. The van der Waals surface area contributed by atoms with E-state index in [-0.39, 0.29) is 6.09 Å². The van der Waals surface area contributed by atoms with Crippen molar-refractivity contribution >= 4 is 17.9 Å². The highest BCUT2D eigenvalue weighted by Crippen LogP contribution is 2.26. The average molecular weight is 302 g/mol. The van der Waals surface area contributed by atoms with Crippen LogP contribution in [0.15, 0.2) is 0 Å². The minimum absolute atomic E-state index is 0.322. The lowest BCUT2D eigenvalue weighted by atomic mass is 9.95. The van der Waals surface area contributed by atoms with Gasteiger partial charge < -0.3 is 15.4 Å². The molecule has 1 amide bonds. The van der Waals surface area contributed by atoms with Gasteiger partial charge in [0, 0.05) is 17.8 Å². The zero-order valence-electron chi connectivity index (χ0n) is 13.3. The van der Waals surface area contributed by atoms with Crippen LogP contribution >= 0.6 is 11.8 Å². The maximum Gasteiger partial charge on any atom is 0.407 e. The monoisotopic (exact) mass is 302 g/mol. The Morgan fingerprint density at radius 2 is 1.95 bits per heavy atom. The molecule has 5 heteroatoms. The number of thioether (sulfide) groups is 1. The maximum atomic E-state index is 11.5. The van der Waals surface area contributed by atoms with Crippen molar-refractivity contribution in [2.24, 2.45) is 0 Å². The fourth-order valence-electron chi connectivity index (χ4n) is 2.49. The van der Waals surface area contributed by atoms with Crippen LogP contribution in [0.5, 0.6) is 0 Å². The molecule has 2 unspecified atom stereocenters. The molecule has 1 fully saturated rings. The molecule has 4 nitrogen and oxygen atoms in total. The van der Waals surface area contributed by atoms with Crippen molar-refractivity contribution in [2.75, 3.05) is 19.3 Å². The number of carbonyl (C=O) groups is 1. The number of alkyl carbamates (subject to hydrolysis) is 1. The van der Waals surface area contributed by atoms with E-state index in [9.17, 15) is 4.79 Å². The van der Waals surface area contributed by atoms with E-state index in [1.165, 1.54) is 25.7 Å². The van der Waals surface area contributed by atoms with Crippen LogP contribution in [0.25, 0.3) is 0 Å². The zero-order chi connectivity index (χ0) is 15.0. The lowest BCUT2D eigenvalue weighted by Gasteiger charge is -2.31. The minimum Gasteiger partial charge on any atom is -0.444 e. The van der Waals surface area contributed by atoms with E-state index in [0.29, 0.717) is 12.6 Å². The van der Waals surface area contributed by atoms with Crippen LogP contribution in [0, 0.1) is 0 Å². The lowest BCUT2D eigenvalue weighted by Crippen LogP contribution is -2.41. The van der Waals surface area contributed by atoms with E-state index < -0.39 is 5.60 Å². The molecule has 20 heavy (non-hydrogen) atoms. The fraction of sp³-hybridized carbons (Fsp3) is 0.933. The Labute approximate surface area is 127 Å². The van der Waals surface area contributed by atoms with Gasteiger partial charge in [0.15, 0.2) is 0 Å². The van der Waals surface area contributed by atoms with Gasteiger partial charge >= 0.3 is 6.09 Å². The Morgan fingerprint density at radius 1 is 1.25 bits per heavy atom. The molecule has 2 atom stereocenters. The van der Waals surface area contributed by atoms with Gasteiger partial charge in [-0.25, -0.2) is 4.79 Å². The number of carbonyl (C=O) groups excluding carboxylic acids is 1. The van der Waals surface area contributed by atoms with E-state index in [4.69, 9.17) is 4.74 Å². The summed E-state index contributed by atoms with van der Waals surface area (Å²) in [6.45, 7) is 7.25. The van der Waals surface area contributed by atoms with Gasteiger partial charge in [0.25, 0.3) is 0 Å². The topological polar surface area (TPSA) is 50.4 Å². The Bertz CT molecular complexity index is 292. The van der Waals surface area contributed by atoms with Crippen LogP contribution in [-0.4, -0.2) is 42.3 Å². The molecular weight excluding hydrogens is 272 g/mol. The molecule has 0 saturated heterocycles. The number of rotatable bonds is 6. The van der Waals surface area contributed by atoms with Crippen molar-refractivity contribution in [2.45, 2.75) is 69.8 Å². The summed E-state index contributed by atoms with van der Waals surface area (Å²) in [6, 6.07) is 0.639. The molecule has 0 aromatic rings. The van der Waals surface area contributed by atoms with Crippen molar-refractivity contribution in [3.8, 4) is 0 Å². The predicted molar refractivity (Wildman–Crippen MR) is 86.4 cm³/mol. The second kappa shape index (κ2) is 8.78. The molecule has 1 rings (SSSR count). The molecule has 0 spiro atoms. The maximum absolute atomic E-state index is 11.5. The third kappa shape index (κ3) is 7.39. The first-order valence-electron chi connectivity index (χ1n) is 7.65. The third-order valence-corrected chi connectivity index (χ3v) is 4.60. The second-order valence-electron chi connectivity index (χ2n) is 6.40. The van der Waals surface area contributed by atoms with Gasteiger partial charge in [-0.15, -0.1) is 0 Å². The van der Waals surface area contributed by atoms with E-state index in [0.717, 1.165) is 18.2 Å². The first-order valence-corrected chi connectivity index (χ1v) is 8.94. The van der Waals surface area contributed by atoms with Crippen molar-refractivity contribution in [1.29, 1.82) is 0 Å². The van der Waals surface area contributed by atoms with E-state index in [1.54, 1.807) is 0 Å². The number of ether oxygens (including phenoxy) is 1. The van der Waals surface area contributed by atoms with E-state index >= 15 is 0 Å². The highest BCUT2D eigenvalue weighted by molar-refractivity contribution is 7.99. The van der Waals surface area contributed by atoms with Gasteiger partial charge in [-0.1, -0.05) is 12.8 Å². The predicted octanol–water partition coefficient (Wildman–Crippen LogP) is 3.17. The van der Waals surface area contributed by atoms with Crippen molar-refractivity contribution in [3.63, 3.8) is 0 Å². The van der Waals surface area contributed by atoms with Gasteiger partial charge in [-0.3, -0.25) is 0 Å². The van der Waals surface area contributed by atoms with Crippen molar-refractivity contribution in [1.82, 2.24) is 10.6 Å². The van der Waals surface area contributed by atoms with Crippen molar-refractivity contribution < 1.29 is 9.53 Å². The van der Waals surface area contributed by atoms with Gasteiger partial charge in [0.2, 0.25) is 0 Å². The molecule has 0 aliphatic heterocycles. The molecule has 1 aliphatic carbocycles. The highest BCUT2D eigenvalue weighted by atomic mass is 32.2. The highest BCUT2D eigenvalue weighted by Gasteiger charge is 2.23. The van der Waals surface area contributed by atoms with E-state index in [1.807, 2.05) is 32.5 Å². The molecule has 1 saturated carbocycles. The summed E-state index contributed by atoms with van der Waals surface area (Å²) in [6.07, 6.45) is 8.14. The smallest absolute Gasteiger partial charge is 0.407 e. The number of hydrogen-bond donors (Lipinski definition) is 2. The fourth-order valence-corrected chi connectivity index (χ4v) is 3.46. The SMILES string of the molecule is CSC1CCCCC1NCCCNC(=O)OC(C)(C)C. The molecule has 2 N–H and O–H groups in total. The summed E-state index contributed by atoms with van der Waals surface area (Å²) >= 11 is 1.98. The van der Waals surface area contributed by atoms with Crippen LogP contribution < -0.4 is 10.6 Å². The first kappa shape index (κ1) is 17.6. The Balaban J connectivity index is 2.08. The summed E-state index contributed by atoms with van der Waals surface area (Å²) in [5.74, 6) is 0. The molecule has 0 heterocycles. The molecule has 0 bridgehead atoms. The second-order valence-corrected chi connectivity index (χ2v) is 7.48. The molecule has 0 aromatic carbocycles. The quantitative estimate of drug-likeness (QED) is 0.740. The minimum atomic E-state index is -0.421. The Hall–Kier alpha value is -0.420. The van der Waals surface area contributed by atoms with Gasteiger partial charge in [0.1, 0.15) is 5.60 Å². The summed E-state index contributed by atoms with van der Waals surface area (Å²) in [5, 5.41) is 7.18. The van der Waals surface area contributed by atoms with Gasteiger partial charge in [-0.05, 0) is 52.8 Å². The largest absolute Gasteiger partial charge is 0.444 e. The standard InChI is InChI=1S/C15H30N2O2S/c1-15(2,3)19-14(18)17-11-7-10-16-12-8-5-6-9-13(12)20-4/h12-13,16H,5-11H2,1-4H3,(H,17,18). The zero-order valence-corrected chi connectivity index (χ0v) is 14.1. The molecule has 118 valence electrons. The molecule has 0 radical (unpaired) electrons. The van der Waals surface area contributed by atoms with Gasteiger partial charge in [-0.2, -0.15) is 11.8 Å². The van der Waals surface area contributed by atoms with Crippen LogP contribution in [0.2, 0.25) is 0 Å². The summed E-state index contributed by atoms with van der Waals surface area (Å²) in [7, 11) is 0. The molecular formula is C15H30N2O2S. The van der Waals surface area contributed by atoms with Crippen LogP contribution in [0.3, 0.4) is 0 Å². The lowest BCUT2D eigenvalue weighted by molar-refractivity contribution is 0.0527. The number of amides is 1. The van der Waals surface area contributed by atoms with Gasteiger partial charge in [0.05, 0.1) is 0 Å². The Morgan fingerprint density at radius 3 is 2.60 bits per heavy atom. The average Bonchev–Trinajstić information content (AvgIpc) is 2.36. The first-order chi connectivity index (χ1) is 9.42. The number of hydrogen-bond acceptors (Lipinski definition) is 4. The van der Waals surface area contributed by atoms with Crippen molar-refractivity contribution in [3.05, 3.63) is 0 Å². The normalized spacial score (nSPS) is 23.4.